The lowest BCUT2D eigenvalue weighted by molar-refractivity contribution is 0.630. The molecule has 70 valence electrons. The summed E-state index contributed by atoms with van der Waals surface area (Å²) in [6.45, 7) is 2.10. The van der Waals surface area contributed by atoms with Crippen LogP contribution in [0.2, 0.25) is 0 Å². The van der Waals surface area contributed by atoms with Crippen LogP contribution in [-0.2, 0) is 0 Å². The Morgan fingerprint density at radius 2 is 2.15 bits per heavy atom. The summed E-state index contributed by atoms with van der Waals surface area (Å²) in [5, 5.41) is 0. The van der Waals surface area contributed by atoms with E-state index in [2.05, 4.69) is 41.1 Å². The van der Waals surface area contributed by atoms with Crippen molar-refractivity contribution < 1.29 is 0 Å². The van der Waals surface area contributed by atoms with Crippen LogP contribution in [0.5, 0.6) is 0 Å². The molecular formula is C11H14BrN. The van der Waals surface area contributed by atoms with Crippen LogP contribution in [0.15, 0.2) is 22.7 Å². The third-order valence-corrected chi connectivity index (χ3v) is 3.79. The Morgan fingerprint density at radius 1 is 1.46 bits per heavy atom. The van der Waals surface area contributed by atoms with Crippen LogP contribution < -0.4 is 5.73 Å². The third-order valence-electron chi connectivity index (χ3n) is 2.71. The van der Waals surface area contributed by atoms with Crippen molar-refractivity contribution in [1.29, 1.82) is 0 Å². The van der Waals surface area contributed by atoms with Gasteiger partial charge in [0.25, 0.3) is 0 Å². The smallest absolute Gasteiger partial charge is 0.0334 e. The lowest BCUT2D eigenvalue weighted by Gasteiger charge is -2.13. The Hall–Kier alpha value is -0.340. The molecule has 2 heteroatoms. The summed E-state index contributed by atoms with van der Waals surface area (Å²) in [5.41, 5.74) is 8.68. The van der Waals surface area contributed by atoms with Crippen molar-refractivity contribution >= 4 is 15.9 Å². The average Bonchev–Trinajstić information content (AvgIpc) is 2.91. The maximum Gasteiger partial charge on any atom is 0.0334 e. The monoisotopic (exact) mass is 239 g/mol. The fourth-order valence-electron chi connectivity index (χ4n) is 1.64. The maximum absolute atomic E-state index is 6.14. The summed E-state index contributed by atoms with van der Waals surface area (Å²) in [6.07, 6.45) is 2.59. The minimum Gasteiger partial charge on any atom is -0.324 e. The van der Waals surface area contributed by atoms with Crippen LogP contribution in [0, 0.1) is 12.8 Å². The van der Waals surface area contributed by atoms with Crippen molar-refractivity contribution in [2.75, 3.05) is 0 Å². The van der Waals surface area contributed by atoms with E-state index >= 15 is 0 Å². The van der Waals surface area contributed by atoms with E-state index in [-0.39, 0.29) is 6.04 Å². The Labute approximate surface area is 87.5 Å². The summed E-state index contributed by atoms with van der Waals surface area (Å²) >= 11 is 3.60. The number of aryl methyl sites for hydroxylation is 1. The van der Waals surface area contributed by atoms with E-state index in [1.54, 1.807) is 0 Å². The van der Waals surface area contributed by atoms with E-state index in [1.807, 2.05) is 0 Å². The van der Waals surface area contributed by atoms with Gasteiger partial charge in [0.2, 0.25) is 0 Å². The van der Waals surface area contributed by atoms with Gasteiger partial charge in [-0.3, -0.25) is 0 Å². The first-order valence-electron chi connectivity index (χ1n) is 4.70. The molecule has 2 N–H and O–H groups in total. The fourth-order valence-corrected chi connectivity index (χ4v) is 2.17. The Balaban J connectivity index is 2.32. The van der Waals surface area contributed by atoms with Gasteiger partial charge < -0.3 is 5.73 Å². The summed E-state index contributed by atoms with van der Waals surface area (Å²) in [5.74, 6) is 0.720. The van der Waals surface area contributed by atoms with Crippen molar-refractivity contribution in [3.63, 3.8) is 0 Å². The summed E-state index contributed by atoms with van der Waals surface area (Å²) in [4.78, 5) is 0. The van der Waals surface area contributed by atoms with Gasteiger partial charge in [0.15, 0.2) is 0 Å². The molecule has 1 atom stereocenters. The molecular weight excluding hydrogens is 226 g/mol. The molecule has 1 saturated carbocycles. The van der Waals surface area contributed by atoms with Crippen molar-refractivity contribution in [2.45, 2.75) is 25.8 Å². The molecule has 2 rings (SSSR count). The zero-order valence-corrected chi connectivity index (χ0v) is 9.34. The molecule has 1 fully saturated rings. The fraction of sp³-hybridized carbons (Fsp3) is 0.455. The zero-order valence-electron chi connectivity index (χ0n) is 7.76. The van der Waals surface area contributed by atoms with Gasteiger partial charge in [-0.25, -0.2) is 0 Å². The maximum atomic E-state index is 6.14. The van der Waals surface area contributed by atoms with Gasteiger partial charge in [-0.05, 0) is 36.8 Å². The van der Waals surface area contributed by atoms with Gasteiger partial charge in [0, 0.05) is 10.5 Å². The highest BCUT2D eigenvalue weighted by Crippen LogP contribution is 2.41. The topological polar surface area (TPSA) is 26.0 Å². The number of halogens is 1. The SMILES string of the molecule is Cc1cccc(C(N)C2CC2)c1Br. The quantitative estimate of drug-likeness (QED) is 0.844. The van der Waals surface area contributed by atoms with E-state index in [1.165, 1.54) is 28.4 Å². The van der Waals surface area contributed by atoms with Crippen LogP contribution >= 0.6 is 15.9 Å². The van der Waals surface area contributed by atoms with Crippen molar-refractivity contribution in [3.05, 3.63) is 33.8 Å². The van der Waals surface area contributed by atoms with E-state index in [9.17, 15) is 0 Å². The Kier molecular flexibility index (Phi) is 2.43. The minimum absolute atomic E-state index is 0.231. The van der Waals surface area contributed by atoms with Gasteiger partial charge in [-0.1, -0.05) is 34.1 Å². The molecule has 0 aliphatic heterocycles. The first-order valence-corrected chi connectivity index (χ1v) is 5.50. The molecule has 0 amide bonds. The summed E-state index contributed by atoms with van der Waals surface area (Å²) in [7, 11) is 0. The zero-order chi connectivity index (χ0) is 9.42. The van der Waals surface area contributed by atoms with E-state index in [0.29, 0.717) is 0 Å². The molecule has 1 nitrogen and oxygen atoms in total. The standard InChI is InChI=1S/C11H14BrN/c1-7-3-2-4-9(10(7)12)11(13)8-5-6-8/h2-4,8,11H,5-6,13H2,1H3. The van der Waals surface area contributed by atoms with E-state index in [4.69, 9.17) is 5.73 Å². The van der Waals surface area contributed by atoms with Gasteiger partial charge >= 0.3 is 0 Å². The number of nitrogens with two attached hydrogens (primary N) is 1. The molecule has 1 aromatic rings. The summed E-state index contributed by atoms with van der Waals surface area (Å²) < 4.78 is 1.19. The number of benzene rings is 1. The van der Waals surface area contributed by atoms with E-state index < -0.39 is 0 Å². The van der Waals surface area contributed by atoms with Gasteiger partial charge in [0.05, 0.1) is 0 Å². The van der Waals surface area contributed by atoms with Crippen LogP contribution in [0.1, 0.15) is 30.0 Å². The molecule has 1 aliphatic carbocycles. The highest BCUT2D eigenvalue weighted by molar-refractivity contribution is 9.10. The molecule has 1 aliphatic rings. The molecule has 13 heavy (non-hydrogen) atoms. The Bertz CT molecular complexity index is 318. The van der Waals surface area contributed by atoms with Crippen molar-refractivity contribution in [2.24, 2.45) is 11.7 Å². The van der Waals surface area contributed by atoms with E-state index in [0.717, 1.165) is 5.92 Å². The molecule has 0 heterocycles. The van der Waals surface area contributed by atoms with Gasteiger partial charge in [-0.2, -0.15) is 0 Å². The van der Waals surface area contributed by atoms with Crippen LogP contribution in [0.25, 0.3) is 0 Å². The van der Waals surface area contributed by atoms with Crippen LogP contribution in [0.3, 0.4) is 0 Å². The molecule has 1 unspecified atom stereocenters. The van der Waals surface area contributed by atoms with Crippen LogP contribution in [0.4, 0.5) is 0 Å². The average molecular weight is 240 g/mol. The first kappa shape index (κ1) is 9.22. The molecule has 0 aromatic heterocycles. The minimum atomic E-state index is 0.231. The number of hydrogen-bond donors (Lipinski definition) is 1. The third kappa shape index (κ3) is 1.79. The van der Waals surface area contributed by atoms with Gasteiger partial charge in [-0.15, -0.1) is 0 Å². The Morgan fingerprint density at radius 3 is 2.77 bits per heavy atom. The highest BCUT2D eigenvalue weighted by atomic mass is 79.9. The highest BCUT2D eigenvalue weighted by Gasteiger charge is 2.30. The van der Waals surface area contributed by atoms with Crippen LogP contribution in [-0.4, -0.2) is 0 Å². The lowest BCUT2D eigenvalue weighted by atomic mass is 10.0. The molecule has 0 bridgehead atoms. The first-order chi connectivity index (χ1) is 6.20. The molecule has 1 aromatic carbocycles. The predicted molar refractivity (Wildman–Crippen MR) is 58.5 cm³/mol. The molecule has 0 radical (unpaired) electrons. The van der Waals surface area contributed by atoms with Crippen molar-refractivity contribution in [1.82, 2.24) is 0 Å². The molecule has 0 saturated heterocycles. The second-order valence-electron chi connectivity index (χ2n) is 3.84. The largest absolute Gasteiger partial charge is 0.324 e. The lowest BCUT2D eigenvalue weighted by Crippen LogP contribution is -2.13. The summed E-state index contributed by atoms with van der Waals surface area (Å²) in [6, 6.07) is 6.54. The van der Waals surface area contributed by atoms with Crippen molar-refractivity contribution in [3.8, 4) is 0 Å². The normalized spacial score (nSPS) is 18.7. The van der Waals surface area contributed by atoms with Gasteiger partial charge in [0.1, 0.15) is 0 Å². The number of hydrogen-bond acceptors (Lipinski definition) is 1. The second-order valence-corrected chi connectivity index (χ2v) is 4.63. The molecule has 0 spiro atoms. The predicted octanol–water partition coefficient (Wildman–Crippen LogP) is 3.17. The number of rotatable bonds is 2. The second kappa shape index (κ2) is 3.43.